The average Bonchev–Trinajstić information content (AvgIpc) is 2.28. The Kier molecular flexibility index (Phi) is 8.53. The Labute approximate surface area is 104 Å². The minimum atomic E-state index is -0.969. The number of thioether (sulfide) groups is 1. The summed E-state index contributed by atoms with van der Waals surface area (Å²) in [4.78, 5) is 23.3. The fourth-order valence-electron chi connectivity index (χ4n) is 1.05. The maximum Gasteiger partial charge on any atom is 0.313 e. The van der Waals surface area contributed by atoms with Gasteiger partial charge in [-0.1, -0.05) is 0 Å². The molecule has 0 fully saturated rings. The molecule has 0 heterocycles. The van der Waals surface area contributed by atoms with Crippen LogP contribution in [0.25, 0.3) is 0 Å². The lowest BCUT2D eigenvalue weighted by molar-refractivity contribution is -0.133. The van der Waals surface area contributed by atoms with Crippen molar-refractivity contribution in [1.82, 2.24) is 4.90 Å². The van der Waals surface area contributed by atoms with Crippen LogP contribution >= 0.6 is 11.8 Å². The molecule has 17 heavy (non-hydrogen) atoms. The Morgan fingerprint density at radius 3 is 2.06 bits per heavy atom. The van der Waals surface area contributed by atoms with E-state index in [9.17, 15) is 9.59 Å². The highest BCUT2D eigenvalue weighted by atomic mass is 32.2. The van der Waals surface area contributed by atoms with Crippen molar-refractivity contribution in [3.05, 3.63) is 0 Å². The van der Waals surface area contributed by atoms with E-state index in [0.29, 0.717) is 0 Å². The molecule has 0 aliphatic heterocycles. The van der Waals surface area contributed by atoms with Crippen LogP contribution in [-0.4, -0.2) is 46.5 Å². The molecule has 0 spiro atoms. The second-order valence-electron chi connectivity index (χ2n) is 3.08. The number of hydrogen-bond donors (Lipinski definition) is 1. The minimum absolute atomic E-state index is 0.0587. The van der Waals surface area contributed by atoms with Gasteiger partial charge in [0.15, 0.2) is 0 Å². The van der Waals surface area contributed by atoms with Gasteiger partial charge in [0.2, 0.25) is 5.91 Å². The Morgan fingerprint density at radius 2 is 1.65 bits per heavy atom. The number of carboxylic acids is 1. The molecule has 0 rings (SSSR count). The Hall–Kier alpha value is -1.73. The maximum absolute atomic E-state index is 11.6. The van der Waals surface area contributed by atoms with E-state index >= 15 is 0 Å². The average molecular weight is 255 g/mol. The van der Waals surface area contributed by atoms with Crippen LogP contribution in [0.1, 0.15) is 12.8 Å². The molecule has 0 aliphatic rings. The summed E-state index contributed by atoms with van der Waals surface area (Å²) in [5, 5.41) is 25.3. The molecule has 0 aromatic rings. The SMILES string of the molecule is N#CCCN(CCC#N)C(=O)CSCC(=O)O. The van der Waals surface area contributed by atoms with Gasteiger partial charge in [0.05, 0.1) is 36.5 Å². The summed E-state index contributed by atoms with van der Waals surface area (Å²) in [6.45, 7) is 0.565. The smallest absolute Gasteiger partial charge is 0.313 e. The largest absolute Gasteiger partial charge is 0.481 e. The van der Waals surface area contributed by atoms with E-state index in [2.05, 4.69) is 0 Å². The number of carboxylic acid groups (broad SMARTS) is 1. The number of hydrogen-bond acceptors (Lipinski definition) is 5. The van der Waals surface area contributed by atoms with Crippen LogP contribution < -0.4 is 0 Å². The quantitative estimate of drug-likeness (QED) is 0.675. The van der Waals surface area contributed by atoms with Crippen LogP contribution in [-0.2, 0) is 9.59 Å². The highest BCUT2D eigenvalue weighted by Crippen LogP contribution is 2.04. The Balaban J connectivity index is 4.08. The summed E-state index contributed by atoms with van der Waals surface area (Å²) >= 11 is 1.01. The molecule has 1 amide bonds. The summed E-state index contributed by atoms with van der Waals surface area (Å²) in [7, 11) is 0. The lowest BCUT2D eigenvalue weighted by Gasteiger charge is -2.19. The molecule has 0 aromatic heterocycles. The van der Waals surface area contributed by atoms with Crippen molar-refractivity contribution < 1.29 is 14.7 Å². The van der Waals surface area contributed by atoms with Gasteiger partial charge in [0.1, 0.15) is 0 Å². The minimum Gasteiger partial charge on any atom is -0.481 e. The molecule has 0 atom stereocenters. The second-order valence-corrected chi connectivity index (χ2v) is 4.07. The molecule has 0 saturated heterocycles. The van der Waals surface area contributed by atoms with Crippen molar-refractivity contribution in [2.75, 3.05) is 24.6 Å². The monoisotopic (exact) mass is 255 g/mol. The summed E-state index contributed by atoms with van der Waals surface area (Å²) in [5.41, 5.74) is 0. The number of rotatable bonds is 8. The lowest BCUT2D eigenvalue weighted by Crippen LogP contribution is -2.34. The van der Waals surface area contributed by atoms with E-state index in [-0.39, 0.29) is 43.3 Å². The first-order valence-corrected chi connectivity index (χ1v) is 6.08. The fourth-order valence-corrected chi connectivity index (χ4v) is 1.68. The number of carbonyl (C=O) groups excluding carboxylic acids is 1. The van der Waals surface area contributed by atoms with Crippen molar-refractivity contribution in [2.45, 2.75) is 12.8 Å². The van der Waals surface area contributed by atoms with Gasteiger partial charge in [-0.25, -0.2) is 0 Å². The van der Waals surface area contributed by atoms with Gasteiger partial charge in [-0.15, -0.1) is 11.8 Å². The summed E-state index contributed by atoms with van der Waals surface area (Å²) in [6.07, 6.45) is 0.418. The zero-order valence-corrected chi connectivity index (χ0v) is 10.1. The molecule has 92 valence electrons. The van der Waals surface area contributed by atoms with E-state index in [4.69, 9.17) is 15.6 Å². The van der Waals surface area contributed by atoms with Crippen LogP contribution in [0, 0.1) is 22.7 Å². The third-order valence-electron chi connectivity index (χ3n) is 1.79. The molecule has 0 aliphatic carbocycles. The van der Waals surface area contributed by atoms with E-state index in [0.717, 1.165) is 11.8 Å². The van der Waals surface area contributed by atoms with Crippen LogP contribution in [0.4, 0.5) is 0 Å². The molecule has 0 unspecified atom stereocenters. The van der Waals surface area contributed by atoms with Crippen molar-refractivity contribution in [3.8, 4) is 12.1 Å². The highest BCUT2D eigenvalue weighted by Gasteiger charge is 2.13. The topological polar surface area (TPSA) is 105 Å². The highest BCUT2D eigenvalue weighted by molar-refractivity contribution is 8.00. The number of amides is 1. The molecule has 6 nitrogen and oxygen atoms in total. The molecular formula is C10H13N3O3S. The first kappa shape index (κ1) is 15.3. The van der Waals surface area contributed by atoms with Crippen molar-refractivity contribution in [3.63, 3.8) is 0 Å². The van der Waals surface area contributed by atoms with Gasteiger partial charge < -0.3 is 10.0 Å². The second kappa shape index (κ2) is 9.49. The molecule has 7 heteroatoms. The van der Waals surface area contributed by atoms with Gasteiger partial charge >= 0.3 is 5.97 Å². The van der Waals surface area contributed by atoms with E-state index in [1.54, 1.807) is 0 Å². The van der Waals surface area contributed by atoms with Gasteiger partial charge in [0.25, 0.3) is 0 Å². The van der Waals surface area contributed by atoms with E-state index in [1.165, 1.54) is 4.90 Å². The Bertz CT molecular complexity index is 328. The van der Waals surface area contributed by atoms with Crippen LogP contribution in [0.3, 0.4) is 0 Å². The number of nitriles is 2. The normalized spacial score (nSPS) is 9.06. The van der Waals surface area contributed by atoms with Crippen molar-refractivity contribution >= 4 is 23.6 Å². The van der Waals surface area contributed by atoms with E-state index in [1.807, 2.05) is 12.1 Å². The van der Waals surface area contributed by atoms with Crippen LogP contribution in [0.2, 0.25) is 0 Å². The number of carbonyl (C=O) groups is 2. The molecule has 0 radical (unpaired) electrons. The van der Waals surface area contributed by atoms with Gasteiger partial charge in [-0.2, -0.15) is 10.5 Å². The van der Waals surface area contributed by atoms with Gasteiger partial charge in [-0.05, 0) is 0 Å². The predicted octanol–water partition coefficient (Wildman–Crippen LogP) is 0.460. The van der Waals surface area contributed by atoms with Crippen molar-refractivity contribution in [1.29, 1.82) is 10.5 Å². The zero-order chi connectivity index (χ0) is 13.1. The van der Waals surface area contributed by atoms with Crippen LogP contribution in [0.5, 0.6) is 0 Å². The predicted molar refractivity (Wildman–Crippen MR) is 62.0 cm³/mol. The molecule has 0 saturated carbocycles. The number of aliphatic carboxylic acids is 1. The molecule has 1 N–H and O–H groups in total. The first-order chi connectivity index (χ1) is 8.11. The third kappa shape index (κ3) is 8.12. The molecular weight excluding hydrogens is 242 g/mol. The summed E-state index contributed by atoms with van der Waals surface area (Å²) in [6, 6.07) is 3.85. The summed E-state index contributed by atoms with van der Waals surface area (Å²) in [5.74, 6) is -1.27. The van der Waals surface area contributed by atoms with E-state index < -0.39 is 5.97 Å². The first-order valence-electron chi connectivity index (χ1n) is 4.93. The summed E-state index contributed by atoms with van der Waals surface area (Å²) < 4.78 is 0. The maximum atomic E-state index is 11.6. The standard InChI is InChI=1S/C10H13N3O3S/c11-3-1-5-13(6-2-4-12)9(14)7-17-8-10(15)16/h1-2,5-8H2,(H,15,16). The third-order valence-corrected chi connectivity index (χ3v) is 2.69. The van der Waals surface area contributed by atoms with Crippen LogP contribution in [0.15, 0.2) is 0 Å². The van der Waals surface area contributed by atoms with Gasteiger partial charge in [0, 0.05) is 13.1 Å². The van der Waals surface area contributed by atoms with Gasteiger partial charge in [-0.3, -0.25) is 9.59 Å². The molecule has 0 aromatic carbocycles. The Morgan fingerprint density at radius 1 is 1.12 bits per heavy atom. The fraction of sp³-hybridized carbons (Fsp3) is 0.600. The number of nitrogens with zero attached hydrogens (tertiary/aromatic N) is 3. The van der Waals surface area contributed by atoms with Crippen molar-refractivity contribution in [2.24, 2.45) is 0 Å². The lowest BCUT2D eigenvalue weighted by atomic mass is 10.3. The zero-order valence-electron chi connectivity index (χ0n) is 9.26. The molecule has 0 bridgehead atoms.